The molecule has 0 atom stereocenters. The van der Waals surface area contributed by atoms with Crippen LogP contribution in [0.1, 0.15) is 7.43 Å². The summed E-state index contributed by atoms with van der Waals surface area (Å²) in [5.74, 6) is 0. The second-order valence-corrected chi connectivity index (χ2v) is 0.341. The van der Waals surface area contributed by atoms with Crippen molar-refractivity contribution in [3.63, 3.8) is 0 Å². The summed E-state index contributed by atoms with van der Waals surface area (Å²) >= 11 is 0. The van der Waals surface area contributed by atoms with Crippen LogP contribution in [-0.2, 0) is 45.5 Å². The van der Waals surface area contributed by atoms with Gasteiger partial charge in [-0.05, 0) is 0 Å². The van der Waals surface area contributed by atoms with Crippen LogP contribution in [0.15, 0.2) is 0 Å². The Morgan fingerprint density at radius 2 is 1.57 bits per heavy atom. The molecule has 1 N–H and O–H groups in total. The van der Waals surface area contributed by atoms with Crippen molar-refractivity contribution < 1.29 is 50.5 Å². The molecule has 2 nitrogen and oxygen atoms in total. The van der Waals surface area contributed by atoms with E-state index in [2.05, 4.69) is 4.65 Å². The van der Waals surface area contributed by atoms with Crippen LogP contribution in [0.3, 0.4) is 0 Å². The van der Waals surface area contributed by atoms with Gasteiger partial charge in [-0.2, -0.15) is 0 Å². The molecule has 0 aromatic carbocycles. The average molecular weight is 447 g/mol. The van der Waals surface area contributed by atoms with Crippen molar-refractivity contribution in [3.8, 4) is 0 Å². The quantitative estimate of drug-likeness (QED) is 0.564. The molecular formula is C2H8BO2Re2. The van der Waals surface area contributed by atoms with E-state index < -0.39 is 0 Å². The number of hydrogen-bond donors (Lipinski definition) is 1. The maximum atomic E-state index is 7.53. The summed E-state index contributed by atoms with van der Waals surface area (Å²) in [6.45, 7) is 0. The molecule has 3 radical (unpaired) electrons. The van der Waals surface area contributed by atoms with E-state index in [0.717, 1.165) is 0 Å². The van der Waals surface area contributed by atoms with Crippen LogP contribution >= 0.6 is 0 Å². The zero-order chi connectivity index (χ0) is 3.41. The fourth-order valence-electron chi connectivity index (χ4n) is 0. The van der Waals surface area contributed by atoms with Gasteiger partial charge in [0.15, 0.2) is 0 Å². The van der Waals surface area contributed by atoms with Crippen LogP contribution in [0, 0.1) is 0 Å². The summed E-state index contributed by atoms with van der Waals surface area (Å²) in [7, 11) is 2.00. The van der Waals surface area contributed by atoms with Crippen molar-refractivity contribution in [1.82, 2.24) is 0 Å². The second-order valence-electron chi connectivity index (χ2n) is 0.341. The first-order valence-corrected chi connectivity index (χ1v) is 0.902. The normalized spacial score (nSPS) is 3.71. The molecule has 0 bridgehead atoms. The molecule has 0 aliphatic heterocycles. The molecule has 45 valence electrons. The Kier molecular flexibility index (Phi) is 90.7. The third kappa shape index (κ3) is 38.6. The van der Waals surface area contributed by atoms with Crippen molar-refractivity contribution in [2.24, 2.45) is 0 Å². The van der Waals surface area contributed by atoms with Gasteiger partial charge in [0.05, 0.1) is 0 Å². The minimum absolute atomic E-state index is 0. The summed E-state index contributed by atoms with van der Waals surface area (Å²) < 4.78 is 3.97. The van der Waals surface area contributed by atoms with Crippen LogP contribution in [-0.4, -0.2) is 19.8 Å². The minimum Gasteiger partial charge on any atom is -0.429 e. The Morgan fingerprint density at radius 1 is 1.43 bits per heavy atom. The van der Waals surface area contributed by atoms with E-state index in [0.29, 0.717) is 7.69 Å². The Labute approximate surface area is 72.6 Å². The largest absolute Gasteiger partial charge is 0.484 e. The van der Waals surface area contributed by atoms with Crippen molar-refractivity contribution >= 4 is 7.69 Å². The molecule has 7 heavy (non-hydrogen) atoms. The van der Waals surface area contributed by atoms with Gasteiger partial charge in [-0.25, -0.2) is 0 Å². The Bertz CT molecular complexity index is 15.7. The van der Waals surface area contributed by atoms with E-state index in [1.807, 2.05) is 0 Å². The van der Waals surface area contributed by atoms with Crippen LogP contribution in [0.4, 0.5) is 0 Å². The van der Waals surface area contributed by atoms with E-state index in [9.17, 15) is 0 Å². The molecule has 0 unspecified atom stereocenters. The van der Waals surface area contributed by atoms with Crippen LogP contribution < -0.4 is 0 Å². The Hall–Kier alpha value is 1.31. The molecule has 0 aromatic rings. The first-order valence-electron chi connectivity index (χ1n) is 0.902. The third-order valence-corrected chi connectivity index (χ3v) is 0.105. The Morgan fingerprint density at radius 3 is 1.57 bits per heavy atom. The predicted molar refractivity (Wildman–Crippen MR) is 21.7 cm³/mol. The number of rotatable bonds is 1. The van der Waals surface area contributed by atoms with Gasteiger partial charge in [0, 0.05) is 48.0 Å². The van der Waals surface area contributed by atoms with Gasteiger partial charge in [0.25, 0.3) is 0 Å². The van der Waals surface area contributed by atoms with Gasteiger partial charge in [0.2, 0.25) is 0 Å². The number of hydrogen-bond acceptors (Lipinski definition) is 2. The van der Waals surface area contributed by atoms with Gasteiger partial charge in [0.1, 0.15) is 0 Å². The van der Waals surface area contributed by atoms with Gasteiger partial charge in [-0.3, -0.25) is 0 Å². The van der Waals surface area contributed by atoms with Crippen molar-refractivity contribution in [2.45, 2.75) is 7.43 Å². The monoisotopic (exact) mass is 449 g/mol. The first-order chi connectivity index (χ1) is 1.91. The fourth-order valence-corrected chi connectivity index (χ4v) is 0. The van der Waals surface area contributed by atoms with Gasteiger partial charge in [-0.15, -0.1) is 0 Å². The maximum Gasteiger partial charge on any atom is 0.484 e. The molecule has 0 saturated heterocycles. The summed E-state index contributed by atoms with van der Waals surface area (Å²) in [6, 6.07) is 0. The summed E-state index contributed by atoms with van der Waals surface area (Å²) in [5, 5.41) is 7.53. The van der Waals surface area contributed by atoms with Gasteiger partial charge < -0.3 is 9.68 Å². The van der Waals surface area contributed by atoms with Gasteiger partial charge >= 0.3 is 7.69 Å². The van der Waals surface area contributed by atoms with Crippen molar-refractivity contribution in [2.75, 3.05) is 7.11 Å². The van der Waals surface area contributed by atoms with Crippen molar-refractivity contribution in [3.05, 3.63) is 0 Å². The van der Waals surface area contributed by atoms with Crippen LogP contribution in [0.25, 0.3) is 0 Å². The fraction of sp³-hybridized carbons (Fsp3) is 1.00. The molecule has 0 aliphatic rings. The Balaban J connectivity index is -0.0000000150. The van der Waals surface area contributed by atoms with Gasteiger partial charge in [-0.1, -0.05) is 7.43 Å². The average Bonchev–Trinajstić information content (AvgIpc) is 1.37. The van der Waals surface area contributed by atoms with E-state index >= 15 is 0 Å². The standard InChI is InChI=1S/CH4BO2.CH4.2Re/c1-4-2-3;;;/h3H,1H3;1H4;;. The van der Waals surface area contributed by atoms with Crippen LogP contribution in [0.2, 0.25) is 0 Å². The molecule has 0 saturated carbocycles. The SMILES string of the molecule is C.CO[B]O.[Re].[Re]. The van der Waals surface area contributed by atoms with E-state index in [1.54, 1.807) is 0 Å². The van der Waals surface area contributed by atoms with Crippen molar-refractivity contribution in [1.29, 1.82) is 0 Å². The summed E-state index contributed by atoms with van der Waals surface area (Å²) in [4.78, 5) is 0. The molecule has 0 aromatic heterocycles. The zero-order valence-corrected chi connectivity index (χ0v) is 8.62. The van der Waals surface area contributed by atoms with E-state index in [4.69, 9.17) is 5.02 Å². The predicted octanol–water partition coefficient (Wildman–Crippen LogP) is -0.210. The molecule has 0 aliphatic carbocycles. The smallest absolute Gasteiger partial charge is 0.429 e. The van der Waals surface area contributed by atoms with E-state index in [-0.39, 0.29) is 48.3 Å². The molecular weight excluding hydrogens is 439 g/mol. The maximum absolute atomic E-state index is 7.53. The summed E-state index contributed by atoms with van der Waals surface area (Å²) in [6.07, 6.45) is 0. The second kappa shape index (κ2) is 26.6. The molecule has 0 fully saturated rings. The van der Waals surface area contributed by atoms with Crippen LogP contribution in [0.5, 0.6) is 0 Å². The molecule has 0 rings (SSSR count). The topological polar surface area (TPSA) is 29.5 Å². The zero-order valence-electron chi connectivity index (χ0n) is 3.19. The third-order valence-electron chi connectivity index (χ3n) is 0.105. The summed E-state index contributed by atoms with van der Waals surface area (Å²) in [5.41, 5.74) is 0. The molecule has 0 heterocycles. The first kappa shape index (κ1) is 23.9. The molecule has 5 heteroatoms. The molecule has 0 spiro atoms. The minimum atomic E-state index is 0. The molecule has 0 amide bonds. The van der Waals surface area contributed by atoms with E-state index in [1.165, 1.54) is 7.11 Å².